The number of hydrogen-bond donors (Lipinski definition) is 2. The van der Waals surface area contributed by atoms with Crippen LogP contribution in [0.4, 0.5) is 10.8 Å². The van der Waals surface area contributed by atoms with Crippen molar-refractivity contribution in [3.8, 4) is 0 Å². The standard InChI is InChI=1S/C25H23N3OS/c29-24(23-18-30-25(28-23)27-21-14-8-3-9-15-21)26-17-16-22(19-10-4-1-5-11-19)20-12-6-2-7-13-20/h1-15,18,22H,16-17H2,(H,26,29)(H,27,28). The molecule has 2 N–H and O–H groups in total. The number of carbonyl (C=O) groups is 1. The molecule has 0 aliphatic rings. The van der Waals surface area contributed by atoms with Crippen LogP contribution in [0.15, 0.2) is 96.4 Å². The Kier molecular flexibility index (Phi) is 6.52. The predicted molar refractivity (Wildman–Crippen MR) is 124 cm³/mol. The van der Waals surface area contributed by atoms with Gasteiger partial charge in [-0.25, -0.2) is 4.98 Å². The summed E-state index contributed by atoms with van der Waals surface area (Å²) in [7, 11) is 0. The highest BCUT2D eigenvalue weighted by atomic mass is 32.1. The number of anilines is 2. The maximum absolute atomic E-state index is 12.6. The molecule has 0 unspecified atom stereocenters. The number of nitrogens with zero attached hydrogens (tertiary/aromatic N) is 1. The van der Waals surface area contributed by atoms with Crippen molar-refractivity contribution in [1.82, 2.24) is 10.3 Å². The van der Waals surface area contributed by atoms with E-state index in [1.54, 1.807) is 5.38 Å². The maximum Gasteiger partial charge on any atom is 0.270 e. The molecule has 0 aliphatic heterocycles. The van der Waals surface area contributed by atoms with Crippen LogP contribution in [0, 0.1) is 0 Å². The fraction of sp³-hybridized carbons (Fsp3) is 0.120. The Labute approximate surface area is 180 Å². The Morgan fingerprint density at radius 1 is 0.833 bits per heavy atom. The first kappa shape index (κ1) is 19.9. The molecule has 1 aromatic heterocycles. The molecule has 1 amide bonds. The zero-order valence-electron chi connectivity index (χ0n) is 16.5. The molecule has 3 aromatic carbocycles. The van der Waals surface area contributed by atoms with Crippen molar-refractivity contribution >= 4 is 28.1 Å². The summed E-state index contributed by atoms with van der Waals surface area (Å²) >= 11 is 1.42. The lowest BCUT2D eigenvalue weighted by atomic mass is 9.88. The minimum atomic E-state index is -0.146. The normalized spacial score (nSPS) is 10.7. The van der Waals surface area contributed by atoms with Crippen LogP contribution in [-0.4, -0.2) is 17.4 Å². The zero-order valence-corrected chi connectivity index (χ0v) is 17.3. The molecular weight excluding hydrogens is 390 g/mol. The Bertz CT molecular complexity index is 1030. The molecule has 4 aromatic rings. The number of benzene rings is 3. The molecular formula is C25H23N3OS. The molecule has 0 bridgehead atoms. The third kappa shape index (κ3) is 5.13. The van der Waals surface area contributed by atoms with Gasteiger partial charge in [-0.3, -0.25) is 4.79 Å². The molecule has 150 valence electrons. The van der Waals surface area contributed by atoms with Crippen molar-refractivity contribution < 1.29 is 4.79 Å². The van der Waals surface area contributed by atoms with E-state index in [1.807, 2.05) is 42.5 Å². The number of rotatable bonds is 8. The van der Waals surface area contributed by atoms with Gasteiger partial charge in [-0.1, -0.05) is 78.9 Å². The van der Waals surface area contributed by atoms with Crippen molar-refractivity contribution in [2.24, 2.45) is 0 Å². The topological polar surface area (TPSA) is 54.0 Å². The first-order valence-electron chi connectivity index (χ1n) is 9.95. The summed E-state index contributed by atoms with van der Waals surface area (Å²) in [5, 5.41) is 8.74. The molecule has 0 fully saturated rings. The average molecular weight is 414 g/mol. The SMILES string of the molecule is O=C(NCCC(c1ccccc1)c1ccccc1)c1csc(Nc2ccccc2)n1. The van der Waals surface area contributed by atoms with Gasteiger partial charge in [0.05, 0.1) is 0 Å². The second-order valence-corrected chi connectivity index (χ2v) is 7.81. The largest absolute Gasteiger partial charge is 0.351 e. The van der Waals surface area contributed by atoms with Gasteiger partial charge in [-0.05, 0) is 29.7 Å². The van der Waals surface area contributed by atoms with Crippen LogP contribution in [0.2, 0.25) is 0 Å². The molecule has 0 aliphatic carbocycles. The van der Waals surface area contributed by atoms with Gasteiger partial charge in [0, 0.05) is 23.5 Å². The number of para-hydroxylation sites is 1. The van der Waals surface area contributed by atoms with E-state index in [-0.39, 0.29) is 11.8 Å². The fourth-order valence-electron chi connectivity index (χ4n) is 3.40. The van der Waals surface area contributed by atoms with E-state index in [4.69, 9.17) is 0 Å². The van der Waals surface area contributed by atoms with Crippen molar-refractivity contribution in [3.05, 3.63) is 113 Å². The van der Waals surface area contributed by atoms with Crippen LogP contribution in [0.25, 0.3) is 0 Å². The third-order valence-corrected chi connectivity index (χ3v) is 5.64. The van der Waals surface area contributed by atoms with Gasteiger partial charge >= 0.3 is 0 Å². The summed E-state index contributed by atoms with van der Waals surface area (Å²) in [5.41, 5.74) is 3.89. The summed E-state index contributed by atoms with van der Waals surface area (Å²) in [5.74, 6) is 0.0886. The molecule has 1 heterocycles. The van der Waals surface area contributed by atoms with Gasteiger partial charge in [-0.15, -0.1) is 11.3 Å². The van der Waals surface area contributed by atoms with Crippen LogP contribution in [0.3, 0.4) is 0 Å². The van der Waals surface area contributed by atoms with Gasteiger partial charge in [0.25, 0.3) is 5.91 Å². The minimum Gasteiger partial charge on any atom is -0.351 e. The van der Waals surface area contributed by atoms with Crippen molar-refractivity contribution in [3.63, 3.8) is 0 Å². The van der Waals surface area contributed by atoms with Gasteiger partial charge in [0.2, 0.25) is 0 Å². The maximum atomic E-state index is 12.6. The minimum absolute atomic E-state index is 0.146. The van der Waals surface area contributed by atoms with E-state index in [0.717, 1.165) is 12.1 Å². The number of nitrogens with one attached hydrogen (secondary N) is 2. The van der Waals surface area contributed by atoms with E-state index >= 15 is 0 Å². The van der Waals surface area contributed by atoms with E-state index in [0.29, 0.717) is 17.4 Å². The lowest BCUT2D eigenvalue weighted by Crippen LogP contribution is -2.26. The molecule has 0 saturated heterocycles. The predicted octanol–water partition coefficient (Wildman–Crippen LogP) is 5.84. The van der Waals surface area contributed by atoms with Crippen molar-refractivity contribution in [2.75, 3.05) is 11.9 Å². The quantitative estimate of drug-likeness (QED) is 0.382. The molecule has 0 spiro atoms. The Morgan fingerprint density at radius 2 is 1.40 bits per heavy atom. The van der Waals surface area contributed by atoms with Crippen LogP contribution >= 0.6 is 11.3 Å². The number of carbonyl (C=O) groups excluding carboxylic acids is 1. The summed E-state index contributed by atoms with van der Waals surface area (Å²) in [4.78, 5) is 17.0. The highest BCUT2D eigenvalue weighted by molar-refractivity contribution is 7.14. The Balaban J connectivity index is 1.37. The first-order chi connectivity index (χ1) is 14.8. The second-order valence-electron chi connectivity index (χ2n) is 6.95. The Hall–Kier alpha value is -3.44. The zero-order chi connectivity index (χ0) is 20.6. The number of amides is 1. The van der Waals surface area contributed by atoms with E-state index in [9.17, 15) is 4.79 Å². The van der Waals surface area contributed by atoms with Crippen molar-refractivity contribution in [1.29, 1.82) is 0 Å². The van der Waals surface area contributed by atoms with Gasteiger partial charge < -0.3 is 10.6 Å². The summed E-state index contributed by atoms with van der Waals surface area (Å²) in [6.07, 6.45) is 0.818. The van der Waals surface area contributed by atoms with E-state index in [2.05, 4.69) is 64.1 Å². The number of aromatic nitrogens is 1. The summed E-state index contributed by atoms with van der Waals surface area (Å²) in [6.45, 7) is 0.576. The van der Waals surface area contributed by atoms with E-state index in [1.165, 1.54) is 22.5 Å². The second kappa shape index (κ2) is 9.85. The monoisotopic (exact) mass is 413 g/mol. The lowest BCUT2D eigenvalue weighted by molar-refractivity contribution is 0.0948. The smallest absolute Gasteiger partial charge is 0.270 e. The van der Waals surface area contributed by atoms with Crippen LogP contribution < -0.4 is 10.6 Å². The van der Waals surface area contributed by atoms with Crippen LogP contribution in [-0.2, 0) is 0 Å². The number of thiazole rings is 1. The fourth-order valence-corrected chi connectivity index (χ4v) is 4.11. The summed E-state index contributed by atoms with van der Waals surface area (Å²) in [6, 6.07) is 30.6. The summed E-state index contributed by atoms with van der Waals surface area (Å²) < 4.78 is 0. The third-order valence-electron chi connectivity index (χ3n) is 4.88. The molecule has 4 nitrogen and oxygen atoms in total. The van der Waals surface area contributed by atoms with Crippen LogP contribution in [0.5, 0.6) is 0 Å². The first-order valence-corrected chi connectivity index (χ1v) is 10.8. The number of hydrogen-bond acceptors (Lipinski definition) is 4. The molecule has 30 heavy (non-hydrogen) atoms. The molecule has 0 saturated carbocycles. The van der Waals surface area contributed by atoms with E-state index < -0.39 is 0 Å². The molecule has 4 rings (SSSR count). The van der Waals surface area contributed by atoms with Gasteiger partial charge in [-0.2, -0.15) is 0 Å². The highest BCUT2D eigenvalue weighted by Crippen LogP contribution is 2.27. The lowest BCUT2D eigenvalue weighted by Gasteiger charge is -2.18. The highest BCUT2D eigenvalue weighted by Gasteiger charge is 2.15. The van der Waals surface area contributed by atoms with Crippen molar-refractivity contribution in [2.45, 2.75) is 12.3 Å². The average Bonchev–Trinajstić information content (AvgIpc) is 3.27. The molecule has 5 heteroatoms. The van der Waals surface area contributed by atoms with Gasteiger partial charge in [0.1, 0.15) is 5.69 Å². The Morgan fingerprint density at radius 3 is 2.00 bits per heavy atom. The molecule has 0 atom stereocenters. The van der Waals surface area contributed by atoms with Gasteiger partial charge in [0.15, 0.2) is 5.13 Å². The van der Waals surface area contributed by atoms with Crippen LogP contribution in [0.1, 0.15) is 34.0 Å². The molecule has 0 radical (unpaired) electrons.